The molecule has 0 aliphatic heterocycles. The van der Waals surface area contributed by atoms with Gasteiger partial charge in [-0.25, -0.2) is 0 Å². The van der Waals surface area contributed by atoms with Crippen molar-refractivity contribution in [2.45, 2.75) is 6.42 Å². The standard InChI is InChI=1S/C9H11N5O4/c1-17-7-6(14(15)16)8(18-2)13-9(12-7)11-5-3-4-10/h3,5H2,1-2H3,(H,11,12,13). The van der Waals surface area contributed by atoms with Crippen LogP contribution in [-0.2, 0) is 0 Å². The van der Waals surface area contributed by atoms with Gasteiger partial charge in [0.15, 0.2) is 0 Å². The van der Waals surface area contributed by atoms with Gasteiger partial charge in [-0.15, -0.1) is 0 Å². The van der Waals surface area contributed by atoms with Crippen molar-refractivity contribution in [3.63, 3.8) is 0 Å². The monoisotopic (exact) mass is 253 g/mol. The highest BCUT2D eigenvalue weighted by molar-refractivity contribution is 5.53. The fourth-order valence-electron chi connectivity index (χ4n) is 1.16. The number of rotatable bonds is 6. The normalized spacial score (nSPS) is 9.39. The molecule has 1 N–H and O–H groups in total. The van der Waals surface area contributed by atoms with Crippen molar-refractivity contribution in [3.8, 4) is 17.8 Å². The van der Waals surface area contributed by atoms with Gasteiger partial charge in [0.1, 0.15) is 0 Å². The van der Waals surface area contributed by atoms with Crippen molar-refractivity contribution in [1.82, 2.24) is 9.97 Å². The Morgan fingerprint density at radius 3 is 2.33 bits per heavy atom. The summed E-state index contributed by atoms with van der Waals surface area (Å²) >= 11 is 0. The van der Waals surface area contributed by atoms with Crippen LogP contribution in [0.1, 0.15) is 6.42 Å². The second-order valence-corrected chi connectivity index (χ2v) is 3.01. The van der Waals surface area contributed by atoms with Crippen LogP contribution in [0.3, 0.4) is 0 Å². The van der Waals surface area contributed by atoms with Gasteiger partial charge >= 0.3 is 17.4 Å². The van der Waals surface area contributed by atoms with Crippen LogP contribution in [0.15, 0.2) is 0 Å². The first-order chi connectivity index (χ1) is 8.63. The summed E-state index contributed by atoms with van der Waals surface area (Å²) in [4.78, 5) is 17.8. The molecule has 18 heavy (non-hydrogen) atoms. The van der Waals surface area contributed by atoms with Gasteiger partial charge in [-0.05, 0) is 0 Å². The summed E-state index contributed by atoms with van der Waals surface area (Å²) in [6, 6.07) is 1.94. The van der Waals surface area contributed by atoms with Crippen LogP contribution in [0.5, 0.6) is 11.8 Å². The average Bonchev–Trinajstić information content (AvgIpc) is 2.37. The summed E-state index contributed by atoms with van der Waals surface area (Å²) in [7, 11) is 2.52. The van der Waals surface area contributed by atoms with E-state index in [1.807, 2.05) is 6.07 Å². The lowest BCUT2D eigenvalue weighted by Crippen LogP contribution is -2.09. The van der Waals surface area contributed by atoms with E-state index in [9.17, 15) is 10.1 Å². The van der Waals surface area contributed by atoms with Gasteiger partial charge in [0, 0.05) is 6.54 Å². The molecule has 9 nitrogen and oxygen atoms in total. The largest absolute Gasteiger partial charge is 0.476 e. The van der Waals surface area contributed by atoms with Crippen molar-refractivity contribution in [3.05, 3.63) is 10.1 Å². The van der Waals surface area contributed by atoms with Gasteiger partial charge in [-0.3, -0.25) is 10.1 Å². The minimum atomic E-state index is -0.684. The maximum Gasteiger partial charge on any atom is 0.392 e. The molecule has 0 unspecified atom stereocenters. The molecule has 96 valence electrons. The van der Waals surface area contributed by atoms with Crippen LogP contribution in [-0.4, -0.2) is 35.7 Å². The summed E-state index contributed by atoms with van der Waals surface area (Å²) in [5.41, 5.74) is -0.439. The van der Waals surface area contributed by atoms with Gasteiger partial charge in [0.2, 0.25) is 5.95 Å². The molecule has 0 aromatic carbocycles. The molecule has 0 amide bonds. The molecule has 0 aliphatic carbocycles. The van der Waals surface area contributed by atoms with Crippen molar-refractivity contribution < 1.29 is 14.4 Å². The molecule has 0 radical (unpaired) electrons. The minimum Gasteiger partial charge on any atom is -0.476 e. The van der Waals surface area contributed by atoms with Crippen LogP contribution >= 0.6 is 0 Å². The first-order valence-corrected chi connectivity index (χ1v) is 4.89. The van der Waals surface area contributed by atoms with Crippen molar-refractivity contribution in [2.75, 3.05) is 26.1 Å². The fourth-order valence-corrected chi connectivity index (χ4v) is 1.16. The van der Waals surface area contributed by atoms with Gasteiger partial charge in [-0.2, -0.15) is 15.2 Å². The Morgan fingerprint density at radius 2 is 1.94 bits per heavy atom. The van der Waals surface area contributed by atoms with E-state index in [0.717, 1.165) is 0 Å². The number of ether oxygens (including phenoxy) is 2. The van der Waals surface area contributed by atoms with E-state index in [4.69, 9.17) is 14.7 Å². The smallest absolute Gasteiger partial charge is 0.392 e. The topological polar surface area (TPSA) is 123 Å². The zero-order valence-electron chi connectivity index (χ0n) is 9.84. The third-order valence-electron chi connectivity index (χ3n) is 1.91. The van der Waals surface area contributed by atoms with E-state index in [2.05, 4.69) is 15.3 Å². The summed E-state index contributed by atoms with van der Waals surface area (Å²) in [6.45, 7) is 0.320. The predicted molar refractivity (Wildman–Crippen MR) is 60.5 cm³/mol. The number of nitro groups is 1. The SMILES string of the molecule is COc1nc(NCCC#N)nc(OC)c1[N+](=O)[O-]. The number of hydrogen-bond acceptors (Lipinski definition) is 8. The quantitative estimate of drug-likeness (QED) is 0.447. The zero-order valence-corrected chi connectivity index (χ0v) is 9.84. The third kappa shape index (κ3) is 2.94. The van der Waals surface area contributed by atoms with Crippen molar-refractivity contribution >= 4 is 11.6 Å². The zero-order chi connectivity index (χ0) is 13.5. The first-order valence-electron chi connectivity index (χ1n) is 4.89. The minimum absolute atomic E-state index is 0.101. The van der Waals surface area contributed by atoms with Gasteiger partial charge in [0.05, 0.1) is 31.6 Å². The number of nitrogens with zero attached hydrogens (tertiary/aromatic N) is 4. The Hall–Kier alpha value is -2.63. The molecule has 0 saturated heterocycles. The third-order valence-corrected chi connectivity index (χ3v) is 1.91. The summed E-state index contributed by atoms with van der Waals surface area (Å²) in [5.74, 6) is -0.304. The van der Waals surface area contributed by atoms with Crippen LogP contribution in [0, 0.1) is 21.4 Å². The number of anilines is 1. The lowest BCUT2D eigenvalue weighted by Gasteiger charge is -2.08. The highest BCUT2D eigenvalue weighted by Crippen LogP contribution is 2.34. The lowest BCUT2D eigenvalue weighted by atomic mass is 10.4. The molecule has 1 aromatic rings. The summed E-state index contributed by atoms with van der Waals surface area (Å²) < 4.78 is 9.64. The molecule has 0 bridgehead atoms. The lowest BCUT2D eigenvalue weighted by molar-refractivity contribution is -0.387. The highest BCUT2D eigenvalue weighted by atomic mass is 16.6. The molecular weight excluding hydrogens is 242 g/mol. The Morgan fingerprint density at radius 1 is 1.39 bits per heavy atom. The Balaban J connectivity index is 3.10. The molecule has 1 heterocycles. The first kappa shape index (κ1) is 13.4. The van der Waals surface area contributed by atoms with Gasteiger partial charge in [0.25, 0.3) is 0 Å². The molecule has 0 aliphatic rings. The molecule has 1 rings (SSSR count). The van der Waals surface area contributed by atoms with Crippen LogP contribution in [0.2, 0.25) is 0 Å². The predicted octanol–water partition coefficient (Wildman–Crippen LogP) is 0.728. The second kappa shape index (κ2) is 6.19. The number of methoxy groups -OCH3 is 2. The second-order valence-electron chi connectivity index (χ2n) is 3.01. The maximum atomic E-state index is 10.8. The van der Waals surface area contributed by atoms with Crippen molar-refractivity contribution in [2.24, 2.45) is 0 Å². The summed E-state index contributed by atoms with van der Waals surface area (Å²) in [5, 5.41) is 22.0. The highest BCUT2D eigenvalue weighted by Gasteiger charge is 2.26. The van der Waals surface area contributed by atoms with Gasteiger partial charge in [-0.1, -0.05) is 0 Å². The van der Waals surface area contributed by atoms with E-state index in [0.29, 0.717) is 6.54 Å². The Kier molecular flexibility index (Phi) is 4.62. The van der Waals surface area contributed by atoms with Crippen LogP contribution in [0.25, 0.3) is 0 Å². The van der Waals surface area contributed by atoms with E-state index < -0.39 is 10.6 Å². The molecule has 1 aromatic heterocycles. The van der Waals surface area contributed by atoms with E-state index in [-0.39, 0.29) is 24.1 Å². The number of nitriles is 1. The van der Waals surface area contributed by atoms with Crippen LogP contribution < -0.4 is 14.8 Å². The number of hydrogen-bond donors (Lipinski definition) is 1. The number of aromatic nitrogens is 2. The van der Waals surface area contributed by atoms with Crippen molar-refractivity contribution in [1.29, 1.82) is 5.26 Å². The average molecular weight is 253 g/mol. The number of nitrogens with one attached hydrogen (secondary N) is 1. The molecule has 0 saturated carbocycles. The molecular formula is C9H11N5O4. The van der Waals surface area contributed by atoms with Crippen LogP contribution in [0.4, 0.5) is 11.6 Å². The molecule has 9 heteroatoms. The van der Waals surface area contributed by atoms with E-state index in [1.165, 1.54) is 14.2 Å². The van der Waals surface area contributed by atoms with E-state index in [1.54, 1.807) is 0 Å². The Bertz CT molecular complexity index is 459. The maximum absolute atomic E-state index is 10.8. The molecule has 0 spiro atoms. The molecule has 0 fully saturated rings. The summed E-state index contributed by atoms with van der Waals surface area (Å²) in [6.07, 6.45) is 0.255. The fraction of sp³-hybridized carbons (Fsp3) is 0.444. The Labute approximate surface area is 103 Å². The van der Waals surface area contributed by atoms with Gasteiger partial charge < -0.3 is 14.8 Å². The van der Waals surface area contributed by atoms with E-state index >= 15 is 0 Å². The molecule has 0 atom stereocenters.